The van der Waals surface area contributed by atoms with Crippen LogP contribution < -0.4 is 4.90 Å². The van der Waals surface area contributed by atoms with Crippen LogP contribution in [0.4, 0.5) is 10.5 Å². The van der Waals surface area contributed by atoms with E-state index in [0.717, 1.165) is 10.0 Å². The number of hydrogen-bond donors (Lipinski definition) is 1. The highest BCUT2D eigenvalue weighted by atomic mass is 79.9. The summed E-state index contributed by atoms with van der Waals surface area (Å²) in [6.07, 6.45) is -0.457. The van der Waals surface area contributed by atoms with E-state index in [9.17, 15) is 9.59 Å². The smallest absolute Gasteiger partial charge is 0.411 e. The molecule has 0 saturated carbocycles. The van der Waals surface area contributed by atoms with E-state index >= 15 is 0 Å². The standard InChI is InChI=1S/C11H10BrNO4/c1-17-10(14)8-5-7(12)4-6-2-3-13(9(6)8)11(15)16/h4-5H,2-3H2,1H3,(H,15,16). The number of carbonyl (C=O) groups is 2. The highest BCUT2D eigenvalue weighted by molar-refractivity contribution is 9.10. The zero-order valence-electron chi connectivity index (χ0n) is 9.07. The molecule has 6 heteroatoms. The van der Waals surface area contributed by atoms with Crippen molar-refractivity contribution in [2.45, 2.75) is 6.42 Å². The van der Waals surface area contributed by atoms with Gasteiger partial charge < -0.3 is 9.84 Å². The fourth-order valence-corrected chi connectivity index (χ4v) is 2.47. The number of ether oxygens (including phenoxy) is 1. The summed E-state index contributed by atoms with van der Waals surface area (Å²) in [4.78, 5) is 23.9. The minimum atomic E-state index is -1.06. The topological polar surface area (TPSA) is 66.8 Å². The van der Waals surface area contributed by atoms with Gasteiger partial charge in [-0.15, -0.1) is 0 Å². The second kappa shape index (κ2) is 4.37. The molecular formula is C11H10BrNO4. The molecule has 1 aromatic rings. The number of carboxylic acid groups (broad SMARTS) is 1. The highest BCUT2D eigenvalue weighted by Gasteiger charge is 2.30. The molecule has 0 unspecified atom stereocenters. The molecule has 0 spiro atoms. The molecule has 0 fully saturated rings. The summed E-state index contributed by atoms with van der Waals surface area (Å²) in [5, 5.41) is 9.07. The van der Waals surface area contributed by atoms with Crippen molar-refractivity contribution >= 4 is 33.7 Å². The number of halogens is 1. The summed E-state index contributed by atoms with van der Waals surface area (Å²) in [5.74, 6) is -0.532. The molecule has 2 rings (SSSR count). The van der Waals surface area contributed by atoms with E-state index in [1.54, 1.807) is 6.07 Å². The molecule has 17 heavy (non-hydrogen) atoms. The number of benzene rings is 1. The largest absolute Gasteiger partial charge is 0.465 e. The number of fused-ring (bicyclic) bond motifs is 1. The van der Waals surface area contributed by atoms with Crippen LogP contribution in [0.1, 0.15) is 15.9 Å². The lowest BCUT2D eigenvalue weighted by atomic mass is 10.1. The first-order valence-corrected chi connectivity index (χ1v) is 5.75. The van der Waals surface area contributed by atoms with Crippen molar-refractivity contribution in [1.82, 2.24) is 0 Å². The van der Waals surface area contributed by atoms with Gasteiger partial charge in [0.05, 0.1) is 18.4 Å². The first kappa shape index (κ1) is 11.9. The van der Waals surface area contributed by atoms with Gasteiger partial charge in [-0.25, -0.2) is 9.59 Å². The van der Waals surface area contributed by atoms with Crippen LogP contribution in [0.15, 0.2) is 16.6 Å². The van der Waals surface area contributed by atoms with Crippen LogP contribution in [-0.4, -0.2) is 30.8 Å². The third-order valence-electron chi connectivity index (χ3n) is 2.66. The Morgan fingerprint density at radius 1 is 1.47 bits per heavy atom. The van der Waals surface area contributed by atoms with E-state index in [-0.39, 0.29) is 5.56 Å². The zero-order chi connectivity index (χ0) is 12.6. The SMILES string of the molecule is COC(=O)c1cc(Br)cc2c1N(C(=O)O)CC2. The molecule has 1 aromatic carbocycles. The third-order valence-corrected chi connectivity index (χ3v) is 3.12. The molecule has 5 nitrogen and oxygen atoms in total. The van der Waals surface area contributed by atoms with E-state index in [4.69, 9.17) is 5.11 Å². The van der Waals surface area contributed by atoms with Gasteiger partial charge in [0.1, 0.15) is 0 Å². The Hall–Kier alpha value is -1.56. The normalized spacial score (nSPS) is 13.4. The highest BCUT2D eigenvalue weighted by Crippen LogP contribution is 2.35. The number of carbonyl (C=O) groups excluding carboxylic acids is 1. The Labute approximate surface area is 106 Å². The molecule has 0 bridgehead atoms. The second-order valence-corrected chi connectivity index (χ2v) is 4.55. The number of hydrogen-bond acceptors (Lipinski definition) is 3. The van der Waals surface area contributed by atoms with E-state index < -0.39 is 12.1 Å². The quantitative estimate of drug-likeness (QED) is 0.808. The van der Waals surface area contributed by atoms with Crippen LogP contribution >= 0.6 is 15.9 Å². The van der Waals surface area contributed by atoms with Crippen molar-refractivity contribution < 1.29 is 19.4 Å². The minimum Gasteiger partial charge on any atom is -0.465 e. The molecule has 0 atom stereocenters. The van der Waals surface area contributed by atoms with E-state index in [0.29, 0.717) is 18.7 Å². The predicted octanol–water partition coefficient (Wildman–Crippen LogP) is 2.28. The van der Waals surface area contributed by atoms with E-state index in [2.05, 4.69) is 20.7 Å². The molecule has 1 aliphatic heterocycles. The van der Waals surface area contributed by atoms with Crippen LogP contribution in [-0.2, 0) is 11.2 Å². The number of nitrogens with zero attached hydrogens (tertiary/aromatic N) is 1. The fourth-order valence-electron chi connectivity index (χ4n) is 1.97. The fraction of sp³-hybridized carbons (Fsp3) is 0.273. The average molecular weight is 300 g/mol. The summed E-state index contributed by atoms with van der Waals surface area (Å²) in [6, 6.07) is 3.40. The van der Waals surface area contributed by atoms with Crippen molar-refractivity contribution in [3.8, 4) is 0 Å². The van der Waals surface area contributed by atoms with Crippen LogP contribution in [0, 0.1) is 0 Å². The number of esters is 1. The second-order valence-electron chi connectivity index (χ2n) is 3.64. The first-order chi connectivity index (χ1) is 8.04. The summed E-state index contributed by atoms with van der Waals surface area (Å²) in [6.45, 7) is 0.366. The Morgan fingerprint density at radius 2 is 2.18 bits per heavy atom. The minimum absolute atomic E-state index is 0.275. The van der Waals surface area contributed by atoms with Gasteiger partial charge in [-0.2, -0.15) is 0 Å². The van der Waals surface area contributed by atoms with E-state index in [1.165, 1.54) is 12.0 Å². The lowest BCUT2D eigenvalue weighted by Gasteiger charge is -2.16. The third kappa shape index (κ3) is 2.00. The molecular weight excluding hydrogens is 290 g/mol. The van der Waals surface area contributed by atoms with Gasteiger partial charge in [-0.05, 0) is 24.1 Å². The van der Waals surface area contributed by atoms with Crippen molar-refractivity contribution in [2.75, 3.05) is 18.6 Å². The Bertz CT molecular complexity index is 500. The molecule has 0 aliphatic carbocycles. The number of amides is 1. The Morgan fingerprint density at radius 3 is 2.76 bits per heavy atom. The van der Waals surface area contributed by atoms with Gasteiger partial charge in [-0.1, -0.05) is 15.9 Å². The van der Waals surface area contributed by atoms with Crippen molar-refractivity contribution in [1.29, 1.82) is 0 Å². The van der Waals surface area contributed by atoms with Gasteiger partial charge in [-0.3, -0.25) is 4.90 Å². The predicted molar refractivity (Wildman–Crippen MR) is 64.6 cm³/mol. The molecule has 0 aromatic heterocycles. The van der Waals surface area contributed by atoms with Gasteiger partial charge in [0.2, 0.25) is 0 Å². The van der Waals surface area contributed by atoms with Gasteiger partial charge in [0.25, 0.3) is 0 Å². The monoisotopic (exact) mass is 299 g/mol. The number of rotatable bonds is 1. The van der Waals surface area contributed by atoms with Crippen molar-refractivity contribution in [3.63, 3.8) is 0 Å². The maximum absolute atomic E-state index is 11.6. The van der Waals surface area contributed by atoms with E-state index in [1.807, 2.05) is 6.07 Å². The summed E-state index contributed by atoms with van der Waals surface area (Å²) < 4.78 is 5.40. The summed E-state index contributed by atoms with van der Waals surface area (Å²) >= 11 is 3.30. The Balaban J connectivity index is 2.60. The molecule has 1 heterocycles. The van der Waals surface area contributed by atoms with Crippen LogP contribution in [0.5, 0.6) is 0 Å². The maximum atomic E-state index is 11.6. The van der Waals surface area contributed by atoms with Gasteiger partial charge >= 0.3 is 12.1 Å². The molecule has 1 N–H and O–H groups in total. The number of anilines is 1. The van der Waals surface area contributed by atoms with Crippen LogP contribution in [0.3, 0.4) is 0 Å². The summed E-state index contributed by atoms with van der Waals surface area (Å²) in [7, 11) is 1.27. The lowest BCUT2D eigenvalue weighted by Crippen LogP contribution is -2.28. The summed E-state index contributed by atoms with van der Waals surface area (Å²) in [5.41, 5.74) is 1.55. The molecule has 0 radical (unpaired) electrons. The molecule has 1 aliphatic rings. The van der Waals surface area contributed by atoms with Gasteiger partial charge in [0.15, 0.2) is 0 Å². The molecule has 1 amide bonds. The average Bonchev–Trinajstić information content (AvgIpc) is 2.70. The zero-order valence-corrected chi connectivity index (χ0v) is 10.7. The molecule has 0 saturated heterocycles. The van der Waals surface area contributed by atoms with Gasteiger partial charge in [0, 0.05) is 11.0 Å². The van der Waals surface area contributed by atoms with Crippen molar-refractivity contribution in [3.05, 3.63) is 27.7 Å². The Kier molecular flexibility index (Phi) is 3.06. The van der Waals surface area contributed by atoms with Crippen LogP contribution in [0.25, 0.3) is 0 Å². The molecule has 90 valence electrons. The lowest BCUT2D eigenvalue weighted by molar-refractivity contribution is 0.0601. The van der Waals surface area contributed by atoms with Crippen LogP contribution in [0.2, 0.25) is 0 Å². The first-order valence-electron chi connectivity index (χ1n) is 4.95. The van der Waals surface area contributed by atoms with Crippen molar-refractivity contribution in [2.24, 2.45) is 0 Å². The maximum Gasteiger partial charge on any atom is 0.411 e. The number of methoxy groups -OCH3 is 1.